The molecule has 0 spiro atoms. The number of anilines is 1. The zero-order valence-electron chi connectivity index (χ0n) is 20.9. The van der Waals surface area contributed by atoms with Gasteiger partial charge in [-0.25, -0.2) is 14.6 Å². The Kier molecular flexibility index (Phi) is 6.05. The maximum absolute atomic E-state index is 5.66. The van der Waals surface area contributed by atoms with Gasteiger partial charge in [0.15, 0.2) is 5.82 Å². The van der Waals surface area contributed by atoms with E-state index in [1.165, 1.54) is 24.9 Å². The van der Waals surface area contributed by atoms with Gasteiger partial charge in [-0.1, -0.05) is 30.3 Å². The van der Waals surface area contributed by atoms with Crippen LogP contribution < -0.4 is 9.64 Å². The van der Waals surface area contributed by atoms with Crippen LogP contribution in [0.2, 0.25) is 0 Å². The van der Waals surface area contributed by atoms with Gasteiger partial charge in [0, 0.05) is 36.9 Å². The first kappa shape index (κ1) is 22.6. The topological polar surface area (TPSA) is 61.0 Å². The summed E-state index contributed by atoms with van der Waals surface area (Å²) in [4.78, 5) is 11.9. The molecular formula is C29H32N6O. The summed E-state index contributed by atoms with van der Waals surface area (Å²) in [6, 6.07) is 17.5. The summed E-state index contributed by atoms with van der Waals surface area (Å²) in [6.07, 6.45) is 12.6. The van der Waals surface area contributed by atoms with Gasteiger partial charge in [0.25, 0.3) is 0 Å². The van der Waals surface area contributed by atoms with Crippen molar-refractivity contribution in [1.82, 2.24) is 24.3 Å². The van der Waals surface area contributed by atoms with E-state index in [1.54, 1.807) is 7.11 Å². The second kappa shape index (κ2) is 9.64. The average molecular weight is 481 g/mol. The lowest BCUT2D eigenvalue weighted by atomic mass is 9.89. The molecule has 7 nitrogen and oxygen atoms in total. The van der Waals surface area contributed by atoms with Crippen molar-refractivity contribution in [1.29, 1.82) is 0 Å². The molecule has 0 bridgehead atoms. The highest BCUT2D eigenvalue weighted by Crippen LogP contribution is 2.38. The van der Waals surface area contributed by atoms with Crippen molar-refractivity contribution in [2.75, 3.05) is 18.6 Å². The zero-order valence-corrected chi connectivity index (χ0v) is 20.9. The second-order valence-corrected chi connectivity index (χ2v) is 9.73. The van der Waals surface area contributed by atoms with Crippen molar-refractivity contribution < 1.29 is 4.74 Å². The molecule has 36 heavy (non-hydrogen) atoms. The summed E-state index contributed by atoms with van der Waals surface area (Å²) in [6.45, 7) is 4.04. The molecule has 0 aliphatic carbocycles. The van der Waals surface area contributed by atoms with Crippen molar-refractivity contribution >= 4 is 17.8 Å². The van der Waals surface area contributed by atoms with E-state index in [0.29, 0.717) is 12.0 Å². The molecule has 184 valence electrons. The normalized spacial score (nSPS) is 19.7. The predicted molar refractivity (Wildman–Crippen MR) is 143 cm³/mol. The fraction of sp³-hybridized carbons (Fsp3) is 0.345. The zero-order chi connectivity index (χ0) is 24.5. The minimum atomic E-state index is 0.411. The molecule has 0 radical (unpaired) electrons. The van der Waals surface area contributed by atoms with Crippen molar-refractivity contribution in [3.05, 3.63) is 84.0 Å². The molecule has 0 N–H and O–H groups in total. The number of hydrogen-bond acceptors (Lipinski definition) is 5. The maximum Gasteiger partial charge on any atom is 0.174 e. The number of para-hydroxylation sites is 1. The fourth-order valence-corrected chi connectivity index (χ4v) is 5.72. The first-order chi connectivity index (χ1) is 17.7. The Morgan fingerprint density at radius 1 is 1.00 bits per heavy atom. The number of imidazole rings is 1. The Hall–Kier alpha value is -3.87. The molecule has 0 amide bonds. The van der Waals surface area contributed by atoms with Crippen LogP contribution in [0.15, 0.2) is 61.1 Å². The summed E-state index contributed by atoms with van der Waals surface area (Å²) >= 11 is 0. The van der Waals surface area contributed by atoms with Crippen LogP contribution in [0, 0.1) is 6.92 Å². The van der Waals surface area contributed by atoms with Gasteiger partial charge in [-0.2, -0.15) is 5.10 Å². The van der Waals surface area contributed by atoms with E-state index in [9.17, 15) is 0 Å². The Balaban J connectivity index is 1.24. The van der Waals surface area contributed by atoms with E-state index in [1.807, 2.05) is 36.2 Å². The summed E-state index contributed by atoms with van der Waals surface area (Å²) in [5, 5.41) is 4.85. The van der Waals surface area contributed by atoms with Crippen LogP contribution in [0.4, 0.5) is 5.69 Å². The van der Waals surface area contributed by atoms with E-state index in [4.69, 9.17) is 14.8 Å². The van der Waals surface area contributed by atoms with Crippen molar-refractivity contribution in [2.24, 2.45) is 0 Å². The van der Waals surface area contributed by atoms with Crippen LogP contribution in [0.1, 0.15) is 54.5 Å². The number of aryl methyl sites for hydroxylation is 2. The lowest BCUT2D eigenvalue weighted by Crippen LogP contribution is -2.37. The fourth-order valence-electron chi connectivity index (χ4n) is 5.72. The van der Waals surface area contributed by atoms with Crippen LogP contribution in [-0.2, 0) is 6.54 Å². The largest absolute Gasteiger partial charge is 0.495 e. The van der Waals surface area contributed by atoms with Gasteiger partial charge >= 0.3 is 0 Å². The molecule has 2 aliphatic rings. The Morgan fingerprint density at radius 2 is 1.86 bits per heavy atom. The van der Waals surface area contributed by atoms with Gasteiger partial charge in [0.05, 0.1) is 24.8 Å². The quantitative estimate of drug-likeness (QED) is 0.365. The van der Waals surface area contributed by atoms with Crippen LogP contribution in [0.25, 0.3) is 17.8 Å². The molecule has 1 fully saturated rings. The van der Waals surface area contributed by atoms with E-state index in [-0.39, 0.29) is 0 Å². The van der Waals surface area contributed by atoms with Crippen LogP contribution in [0.3, 0.4) is 0 Å². The molecular weight excluding hydrogens is 448 g/mol. The molecule has 7 heteroatoms. The monoisotopic (exact) mass is 480 g/mol. The highest BCUT2D eigenvalue weighted by atomic mass is 16.5. The minimum Gasteiger partial charge on any atom is -0.495 e. The number of rotatable bonds is 6. The molecule has 0 saturated carbocycles. The summed E-state index contributed by atoms with van der Waals surface area (Å²) in [7, 11) is 1.70. The summed E-state index contributed by atoms with van der Waals surface area (Å²) in [5.74, 6) is 3.12. The van der Waals surface area contributed by atoms with Crippen molar-refractivity contribution in [3.8, 4) is 11.4 Å². The van der Waals surface area contributed by atoms with Gasteiger partial charge in [0.1, 0.15) is 11.6 Å². The maximum atomic E-state index is 5.66. The summed E-state index contributed by atoms with van der Waals surface area (Å²) < 4.78 is 9.78. The van der Waals surface area contributed by atoms with Gasteiger partial charge in [-0.15, -0.1) is 0 Å². The number of aromatic nitrogens is 5. The molecule has 2 aliphatic heterocycles. The molecule has 1 saturated heterocycles. The highest BCUT2D eigenvalue weighted by molar-refractivity contribution is 5.69. The van der Waals surface area contributed by atoms with Crippen molar-refractivity contribution in [2.45, 2.75) is 51.1 Å². The Morgan fingerprint density at radius 3 is 2.67 bits per heavy atom. The second-order valence-electron chi connectivity index (χ2n) is 9.73. The van der Waals surface area contributed by atoms with E-state index in [0.717, 1.165) is 53.9 Å². The molecule has 2 aromatic heterocycles. The molecule has 2 aromatic carbocycles. The van der Waals surface area contributed by atoms with E-state index in [2.05, 4.69) is 63.1 Å². The number of fused-ring (bicyclic) bond motifs is 1. The molecule has 4 aromatic rings. The molecule has 6 rings (SSSR count). The molecule has 2 atom stereocenters. The Bertz CT molecular complexity index is 1370. The van der Waals surface area contributed by atoms with Gasteiger partial charge in [-0.05, 0) is 68.5 Å². The number of benzene rings is 2. The first-order valence-electron chi connectivity index (χ1n) is 12.8. The SMILES string of the molecule is COc1cc(C=Cc2nc3n(n2)CCC[C@@H]3C2CCCN2c2ccccc2)ccc1-n1cnc(C)c1. The molecule has 4 heterocycles. The van der Waals surface area contributed by atoms with Crippen LogP contribution >= 0.6 is 0 Å². The van der Waals surface area contributed by atoms with E-state index >= 15 is 0 Å². The van der Waals surface area contributed by atoms with Crippen molar-refractivity contribution in [3.63, 3.8) is 0 Å². The molecule has 1 unspecified atom stereocenters. The predicted octanol–water partition coefficient (Wildman–Crippen LogP) is 5.50. The smallest absolute Gasteiger partial charge is 0.174 e. The van der Waals surface area contributed by atoms with Crippen LogP contribution in [-0.4, -0.2) is 44.0 Å². The number of hydrogen-bond donors (Lipinski definition) is 0. The number of ether oxygens (including phenoxy) is 1. The third kappa shape index (κ3) is 4.30. The lowest BCUT2D eigenvalue weighted by molar-refractivity contribution is 0.371. The number of methoxy groups -OCH3 is 1. The highest BCUT2D eigenvalue weighted by Gasteiger charge is 2.37. The summed E-state index contributed by atoms with van der Waals surface area (Å²) in [5.41, 5.74) is 4.30. The Labute approximate surface area is 212 Å². The third-order valence-corrected chi connectivity index (χ3v) is 7.40. The standard InChI is InChI=1S/C29H32N6O/c1-21-19-33(20-30-21)26-14-12-22(18-27(26)36-2)13-15-28-31-29-24(10-6-17-35(29)32-28)25-11-7-16-34(25)23-8-4-3-5-9-23/h3-5,8-9,12-15,18-20,24-25H,6-7,10-11,16-17H2,1-2H3/t24-,25?/m1/s1. The lowest BCUT2D eigenvalue weighted by Gasteiger charge is -2.34. The number of nitrogens with zero attached hydrogens (tertiary/aromatic N) is 6. The van der Waals surface area contributed by atoms with E-state index < -0.39 is 0 Å². The van der Waals surface area contributed by atoms with Gasteiger partial charge < -0.3 is 14.2 Å². The van der Waals surface area contributed by atoms with Gasteiger partial charge in [0.2, 0.25) is 0 Å². The first-order valence-corrected chi connectivity index (χ1v) is 12.8. The average Bonchev–Trinajstić information content (AvgIpc) is 3.67. The third-order valence-electron chi connectivity index (χ3n) is 7.40. The van der Waals surface area contributed by atoms with Crippen LogP contribution in [0.5, 0.6) is 5.75 Å². The minimum absolute atomic E-state index is 0.411. The van der Waals surface area contributed by atoms with Gasteiger partial charge in [-0.3, -0.25) is 0 Å².